The third-order valence-electron chi connectivity index (χ3n) is 5.88. The summed E-state index contributed by atoms with van der Waals surface area (Å²) in [5.74, 6) is -1.11. The third kappa shape index (κ3) is 3.47. The topological polar surface area (TPSA) is 85.5 Å². The molecule has 1 aromatic heterocycles. The maximum absolute atomic E-state index is 13.2. The second-order valence-electron chi connectivity index (χ2n) is 7.74. The Labute approximate surface area is 178 Å². The minimum Gasteiger partial charge on any atom is -0.378 e. The van der Waals surface area contributed by atoms with Crippen LogP contribution in [-0.4, -0.2) is 48.0 Å². The quantitative estimate of drug-likeness (QED) is 0.519. The van der Waals surface area contributed by atoms with E-state index >= 15 is 0 Å². The SMILES string of the molecule is NC(=O)c1cc(-c2ccc(F)nc2)cc2c1Cc1cc(C(=O)N3CCOCC3)ccc1-2. The van der Waals surface area contributed by atoms with Crippen molar-refractivity contribution in [2.75, 3.05) is 26.3 Å². The van der Waals surface area contributed by atoms with Gasteiger partial charge in [-0.05, 0) is 70.6 Å². The highest BCUT2D eigenvalue weighted by Gasteiger charge is 2.26. The highest BCUT2D eigenvalue weighted by Crippen LogP contribution is 2.41. The standard InChI is InChI=1S/C24H20FN3O3/c25-22-4-2-15(13-27-22)16-10-19-18-3-1-14(24(30)28-5-7-31-8-6-28)9-17(18)12-20(19)21(11-16)23(26)29/h1-4,9-11,13H,5-8,12H2,(H2,26,29). The number of pyridine rings is 1. The van der Waals surface area contributed by atoms with Crippen molar-refractivity contribution in [1.29, 1.82) is 0 Å². The summed E-state index contributed by atoms with van der Waals surface area (Å²) in [5.41, 5.74) is 11.8. The molecule has 0 atom stereocenters. The van der Waals surface area contributed by atoms with Gasteiger partial charge in [0.2, 0.25) is 11.9 Å². The van der Waals surface area contributed by atoms with Gasteiger partial charge in [0.15, 0.2) is 0 Å². The highest BCUT2D eigenvalue weighted by molar-refractivity contribution is 6.01. The number of halogens is 1. The Morgan fingerprint density at radius 1 is 1.00 bits per heavy atom. The summed E-state index contributed by atoms with van der Waals surface area (Å²) < 4.78 is 18.6. The molecule has 0 radical (unpaired) electrons. The Morgan fingerprint density at radius 3 is 2.52 bits per heavy atom. The number of amides is 2. The lowest BCUT2D eigenvalue weighted by molar-refractivity contribution is 0.0303. The molecule has 3 aromatic rings. The van der Waals surface area contributed by atoms with E-state index in [1.807, 2.05) is 24.3 Å². The molecule has 2 aliphatic rings. The van der Waals surface area contributed by atoms with Gasteiger partial charge in [-0.2, -0.15) is 4.39 Å². The van der Waals surface area contributed by atoms with E-state index < -0.39 is 11.9 Å². The number of fused-ring (bicyclic) bond motifs is 3. The summed E-state index contributed by atoms with van der Waals surface area (Å²) in [6, 6.07) is 12.2. The number of nitrogens with two attached hydrogens (primary N) is 1. The van der Waals surface area contributed by atoms with Gasteiger partial charge in [-0.3, -0.25) is 9.59 Å². The van der Waals surface area contributed by atoms with Crippen LogP contribution in [0.25, 0.3) is 22.3 Å². The van der Waals surface area contributed by atoms with Crippen molar-refractivity contribution in [3.63, 3.8) is 0 Å². The molecule has 156 valence electrons. The normalized spacial score (nSPS) is 14.8. The van der Waals surface area contributed by atoms with Gasteiger partial charge in [0, 0.05) is 36.0 Å². The number of carbonyl (C=O) groups excluding carboxylic acids is 2. The van der Waals surface area contributed by atoms with Crippen molar-refractivity contribution in [3.05, 3.63) is 76.9 Å². The molecule has 31 heavy (non-hydrogen) atoms. The molecule has 6 nitrogen and oxygen atoms in total. The van der Waals surface area contributed by atoms with Crippen LogP contribution < -0.4 is 5.73 Å². The van der Waals surface area contributed by atoms with Crippen LogP contribution in [0.4, 0.5) is 4.39 Å². The lowest BCUT2D eigenvalue weighted by Crippen LogP contribution is -2.40. The molecule has 0 unspecified atom stereocenters. The largest absolute Gasteiger partial charge is 0.378 e. The molecular formula is C24H20FN3O3. The summed E-state index contributed by atoms with van der Waals surface area (Å²) in [6.45, 7) is 2.25. The molecule has 1 aliphatic carbocycles. The Hall–Kier alpha value is -3.58. The number of rotatable bonds is 3. The molecule has 2 amide bonds. The monoisotopic (exact) mass is 417 g/mol. The zero-order valence-electron chi connectivity index (χ0n) is 16.7. The lowest BCUT2D eigenvalue weighted by atomic mass is 9.94. The van der Waals surface area contributed by atoms with Crippen LogP contribution in [0.2, 0.25) is 0 Å². The Bertz CT molecular complexity index is 1200. The maximum atomic E-state index is 13.2. The second-order valence-corrected chi connectivity index (χ2v) is 7.74. The van der Waals surface area contributed by atoms with Gasteiger partial charge in [0.1, 0.15) is 0 Å². The molecule has 5 rings (SSSR count). The van der Waals surface area contributed by atoms with E-state index in [9.17, 15) is 14.0 Å². The van der Waals surface area contributed by atoms with Gasteiger partial charge in [0.25, 0.3) is 5.91 Å². The number of nitrogens with zero attached hydrogens (tertiary/aromatic N) is 2. The average molecular weight is 417 g/mol. The number of carbonyl (C=O) groups is 2. The lowest BCUT2D eigenvalue weighted by Gasteiger charge is -2.27. The first-order valence-corrected chi connectivity index (χ1v) is 10.1. The molecule has 1 fully saturated rings. The first-order valence-electron chi connectivity index (χ1n) is 10.1. The fourth-order valence-electron chi connectivity index (χ4n) is 4.31. The summed E-state index contributed by atoms with van der Waals surface area (Å²) in [6.07, 6.45) is 1.96. The van der Waals surface area contributed by atoms with E-state index in [0.717, 1.165) is 27.8 Å². The molecule has 2 N–H and O–H groups in total. The molecule has 0 saturated carbocycles. The maximum Gasteiger partial charge on any atom is 0.254 e. The number of morpholine rings is 1. The molecule has 0 spiro atoms. The summed E-state index contributed by atoms with van der Waals surface area (Å²) in [5, 5.41) is 0. The van der Waals surface area contributed by atoms with Gasteiger partial charge in [-0.25, -0.2) is 4.98 Å². The fraction of sp³-hybridized carbons (Fsp3) is 0.208. The molecule has 2 heterocycles. The molecule has 1 aliphatic heterocycles. The van der Waals surface area contributed by atoms with Crippen LogP contribution >= 0.6 is 0 Å². The van der Waals surface area contributed by atoms with Gasteiger partial charge in [-0.15, -0.1) is 0 Å². The summed E-state index contributed by atoms with van der Waals surface area (Å²) in [7, 11) is 0. The molecule has 1 saturated heterocycles. The van der Waals surface area contributed by atoms with Gasteiger partial charge in [-0.1, -0.05) is 6.07 Å². The van der Waals surface area contributed by atoms with Gasteiger partial charge in [0.05, 0.1) is 13.2 Å². The Balaban J connectivity index is 1.56. The van der Waals surface area contributed by atoms with Gasteiger partial charge < -0.3 is 15.4 Å². The number of hydrogen-bond donors (Lipinski definition) is 1. The smallest absolute Gasteiger partial charge is 0.254 e. The molecule has 7 heteroatoms. The minimum absolute atomic E-state index is 0.0183. The average Bonchev–Trinajstić information content (AvgIpc) is 3.16. The predicted molar refractivity (Wildman–Crippen MR) is 113 cm³/mol. The predicted octanol–water partition coefficient (Wildman–Crippen LogP) is 3.03. The van der Waals surface area contributed by atoms with Crippen molar-refractivity contribution in [2.45, 2.75) is 6.42 Å². The first-order chi connectivity index (χ1) is 15.0. The third-order valence-corrected chi connectivity index (χ3v) is 5.88. The van der Waals surface area contributed by atoms with E-state index in [0.29, 0.717) is 49.4 Å². The molecule has 0 bridgehead atoms. The van der Waals surface area contributed by atoms with E-state index in [-0.39, 0.29) is 5.91 Å². The molecular weight excluding hydrogens is 397 g/mol. The van der Waals surface area contributed by atoms with Crippen molar-refractivity contribution in [2.24, 2.45) is 5.73 Å². The van der Waals surface area contributed by atoms with Crippen LogP contribution in [0.1, 0.15) is 31.8 Å². The van der Waals surface area contributed by atoms with E-state index in [2.05, 4.69) is 4.98 Å². The fourth-order valence-corrected chi connectivity index (χ4v) is 4.31. The summed E-state index contributed by atoms with van der Waals surface area (Å²) >= 11 is 0. The summed E-state index contributed by atoms with van der Waals surface area (Å²) in [4.78, 5) is 30.6. The van der Waals surface area contributed by atoms with Crippen LogP contribution in [-0.2, 0) is 11.2 Å². The van der Waals surface area contributed by atoms with Crippen molar-refractivity contribution < 1.29 is 18.7 Å². The van der Waals surface area contributed by atoms with E-state index in [4.69, 9.17) is 10.5 Å². The zero-order valence-corrected chi connectivity index (χ0v) is 16.7. The van der Waals surface area contributed by atoms with Crippen molar-refractivity contribution >= 4 is 11.8 Å². The van der Waals surface area contributed by atoms with Crippen LogP contribution in [0.3, 0.4) is 0 Å². The van der Waals surface area contributed by atoms with Crippen molar-refractivity contribution in [3.8, 4) is 22.3 Å². The van der Waals surface area contributed by atoms with Crippen LogP contribution in [0.5, 0.6) is 0 Å². The van der Waals surface area contributed by atoms with Crippen LogP contribution in [0.15, 0.2) is 48.7 Å². The van der Waals surface area contributed by atoms with Gasteiger partial charge >= 0.3 is 0 Å². The Morgan fingerprint density at radius 2 is 1.81 bits per heavy atom. The first kappa shape index (κ1) is 19.4. The minimum atomic E-state index is -0.567. The number of ether oxygens (including phenoxy) is 1. The number of aromatic nitrogens is 1. The van der Waals surface area contributed by atoms with Crippen molar-refractivity contribution in [1.82, 2.24) is 9.88 Å². The number of primary amides is 1. The highest BCUT2D eigenvalue weighted by atomic mass is 19.1. The Kier molecular flexibility index (Phi) is 4.75. The second kappa shape index (κ2) is 7.59. The van der Waals surface area contributed by atoms with Crippen LogP contribution in [0, 0.1) is 5.95 Å². The number of benzene rings is 2. The number of hydrogen-bond acceptors (Lipinski definition) is 4. The van der Waals surface area contributed by atoms with E-state index in [1.54, 1.807) is 17.0 Å². The molecule has 2 aromatic carbocycles. The van der Waals surface area contributed by atoms with E-state index in [1.165, 1.54) is 12.3 Å². The zero-order chi connectivity index (χ0) is 21.5.